The van der Waals surface area contributed by atoms with Gasteiger partial charge in [0.05, 0.1) is 0 Å². The van der Waals surface area contributed by atoms with Crippen LogP contribution >= 0.6 is 0 Å². The largest absolute Gasteiger partial charge is 0.317 e. The second-order valence-electron chi connectivity index (χ2n) is 1.64. The van der Waals surface area contributed by atoms with Crippen molar-refractivity contribution in [3.63, 3.8) is 0 Å². The highest BCUT2D eigenvalue weighted by molar-refractivity contribution is 4.74. The molecule has 1 radical (unpaired) electrons. The standard InChI is InChI=1S/C6H14N/c1-4-6(5-2)7-3/h4,6-7H,5H2,1-3H3. The van der Waals surface area contributed by atoms with Crippen molar-refractivity contribution < 1.29 is 0 Å². The van der Waals surface area contributed by atoms with E-state index in [2.05, 4.69) is 25.6 Å². The molecule has 0 bridgehead atoms. The second-order valence-corrected chi connectivity index (χ2v) is 1.64. The highest BCUT2D eigenvalue weighted by Gasteiger charge is 1.94. The lowest BCUT2D eigenvalue weighted by molar-refractivity contribution is 0.611. The van der Waals surface area contributed by atoms with E-state index in [1.165, 1.54) is 6.42 Å². The molecule has 0 aliphatic carbocycles. The van der Waals surface area contributed by atoms with Gasteiger partial charge >= 0.3 is 0 Å². The van der Waals surface area contributed by atoms with Crippen LogP contribution in [0.15, 0.2) is 0 Å². The Kier molecular flexibility index (Phi) is 4.10. The van der Waals surface area contributed by atoms with Gasteiger partial charge in [0, 0.05) is 6.04 Å². The Morgan fingerprint density at radius 1 is 1.71 bits per heavy atom. The SMILES string of the molecule is C[CH]C(CC)NC. The first-order valence-electron chi connectivity index (χ1n) is 2.81. The number of nitrogens with one attached hydrogen (secondary N) is 1. The van der Waals surface area contributed by atoms with E-state index < -0.39 is 0 Å². The van der Waals surface area contributed by atoms with E-state index in [4.69, 9.17) is 0 Å². The predicted octanol–water partition coefficient (Wildman–Crippen LogP) is 1.21. The predicted molar refractivity (Wildman–Crippen MR) is 33.1 cm³/mol. The first-order valence-corrected chi connectivity index (χ1v) is 2.81. The maximum absolute atomic E-state index is 3.15. The van der Waals surface area contributed by atoms with E-state index in [0.717, 1.165) is 0 Å². The monoisotopic (exact) mass is 100 g/mol. The zero-order valence-corrected chi connectivity index (χ0v) is 5.36. The highest BCUT2D eigenvalue weighted by atomic mass is 14.9. The van der Waals surface area contributed by atoms with Crippen LogP contribution in [0.3, 0.4) is 0 Å². The minimum absolute atomic E-state index is 0.611. The molecule has 1 N–H and O–H groups in total. The van der Waals surface area contributed by atoms with Crippen LogP contribution in [0.1, 0.15) is 20.3 Å². The lowest BCUT2D eigenvalue weighted by Crippen LogP contribution is -2.23. The van der Waals surface area contributed by atoms with Crippen LogP contribution in [0, 0.1) is 6.42 Å². The van der Waals surface area contributed by atoms with Crippen LogP contribution < -0.4 is 5.32 Å². The third kappa shape index (κ3) is 2.63. The van der Waals surface area contributed by atoms with Crippen molar-refractivity contribution in [3.8, 4) is 0 Å². The van der Waals surface area contributed by atoms with Crippen molar-refractivity contribution in [1.82, 2.24) is 5.32 Å². The summed E-state index contributed by atoms with van der Waals surface area (Å²) < 4.78 is 0. The zero-order valence-electron chi connectivity index (χ0n) is 5.36. The van der Waals surface area contributed by atoms with E-state index in [-0.39, 0.29) is 0 Å². The van der Waals surface area contributed by atoms with Gasteiger partial charge in [0.2, 0.25) is 0 Å². The number of hydrogen-bond acceptors (Lipinski definition) is 1. The molecule has 0 spiro atoms. The third-order valence-electron chi connectivity index (χ3n) is 1.21. The summed E-state index contributed by atoms with van der Waals surface area (Å²) in [5.41, 5.74) is 0. The molecule has 1 nitrogen and oxygen atoms in total. The van der Waals surface area contributed by atoms with E-state index in [1.54, 1.807) is 0 Å². The maximum atomic E-state index is 3.15. The fourth-order valence-corrected chi connectivity index (χ4v) is 0.606. The molecule has 1 atom stereocenters. The zero-order chi connectivity index (χ0) is 5.70. The minimum atomic E-state index is 0.611. The average molecular weight is 100 g/mol. The van der Waals surface area contributed by atoms with Gasteiger partial charge in [-0.15, -0.1) is 0 Å². The Bertz CT molecular complexity index is 25.7. The van der Waals surface area contributed by atoms with Crippen LogP contribution in [0.4, 0.5) is 0 Å². The molecule has 0 heterocycles. The van der Waals surface area contributed by atoms with Crippen molar-refractivity contribution >= 4 is 0 Å². The van der Waals surface area contributed by atoms with Crippen LogP contribution in [0.2, 0.25) is 0 Å². The molecule has 0 fully saturated rings. The summed E-state index contributed by atoms with van der Waals surface area (Å²) in [6.07, 6.45) is 3.35. The molecular weight excluding hydrogens is 86.1 g/mol. The molecular formula is C6H14N. The molecule has 0 amide bonds. The summed E-state index contributed by atoms with van der Waals surface area (Å²) in [5, 5.41) is 3.15. The van der Waals surface area contributed by atoms with Crippen molar-refractivity contribution in [3.05, 3.63) is 6.42 Å². The molecule has 0 saturated carbocycles. The van der Waals surface area contributed by atoms with Crippen LogP contribution in [-0.4, -0.2) is 13.1 Å². The molecule has 0 aliphatic rings. The van der Waals surface area contributed by atoms with Crippen molar-refractivity contribution in [2.75, 3.05) is 7.05 Å². The summed E-state index contributed by atoms with van der Waals surface area (Å²) in [5.74, 6) is 0. The van der Waals surface area contributed by atoms with E-state index in [1.807, 2.05) is 7.05 Å². The Morgan fingerprint density at radius 2 is 2.29 bits per heavy atom. The molecule has 1 heteroatoms. The normalized spacial score (nSPS) is 10.3. The Morgan fingerprint density at radius 3 is 2.29 bits per heavy atom. The average Bonchev–Trinajstić information content (AvgIpc) is 1.72. The van der Waals surface area contributed by atoms with E-state index >= 15 is 0 Å². The number of rotatable bonds is 3. The lowest BCUT2D eigenvalue weighted by Gasteiger charge is -2.07. The fraction of sp³-hybridized carbons (Fsp3) is 0.833. The number of hydrogen-bond donors (Lipinski definition) is 1. The molecule has 43 valence electrons. The quantitative estimate of drug-likeness (QED) is 0.562. The second kappa shape index (κ2) is 4.13. The molecule has 0 aliphatic heterocycles. The first kappa shape index (κ1) is 6.96. The van der Waals surface area contributed by atoms with Crippen molar-refractivity contribution in [1.29, 1.82) is 0 Å². The molecule has 7 heavy (non-hydrogen) atoms. The third-order valence-corrected chi connectivity index (χ3v) is 1.21. The van der Waals surface area contributed by atoms with Gasteiger partial charge in [-0.2, -0.15) is 0 Å². The van der Waals surface area contributed by atoms with Gasteiger partial charge in [-0.1, -0.05) is 13.8 Å². The molecule has 0 aromatic heterocycles. The molecule has 1 unspecified atom stereocenters. The van der Waals surface area contributed by atoms with Gasteiger partial charge < -0.3 is 5.32 Å². The van der Waals surface area contributed by atoms with Gasteiger partial charge in [-0.3, -0.25) is 0 Å². The van der Waals surface area contributed by atoms with Crippen LogP contribution in [0.25, 0.3) is 0 Å². The maximum Gasteiger partial charge on any atom is 0.00901 e. The molecule has 0 saturated heterocycles. The molecule has 0 rings (SSSR count). The molecule has 0 aromatic carbocycles. The van der Waals surface area contributed by atoms with Crippen molar-refractivity contribution in [2.45, 2.75) is 26.3 Å². The van der Waals surface area contributed by atoms with Gasteiger partial charge in [-0.05, 0) is 19.9 Å². The van der Waals surface area contributed by atoms with Crippen LogP contribution in [0.5, 0.6) is 0 Å². The van der Waals surface area contributed by atoms with Gasteiger partial charge in [0.15, 0.2) is 0 Å². The topological polar surface area (TPSA) is 12.0 Å². The van der Waals surface area contributed by atoms with Crippen molar-refractivity contribution in [2.24, 2.45) is 0 Å². The smallest absolute Gasteiger partial charge is 0.00901 e. The lowest BCUT2D eigenvalue weighted by atomic mass is 10.2. The minimum Gasteiger partial charge on any atom is -0.317 e. The van der Waals surface area contributed by atoms with E-state index in [0.29, 0.717) is 6.04 Å². The van der Waals surface area contributed by atoms with Gasteiger partial charge in [0.25, 0.3) is 0 Å². The highest BCUT2D eigenvalue weighted by Crippen LogP contribution is 1.91. The summed E-state index contributed by atoms with van der Waals surface area (Å²) in [6, 6.07) is 0.611. The van der Waals surface area contributed by atoms with Gasteiger partial charge in [-0.25, -0.2) is 0 Å². The Labute approximate surface area is 46.1 Å². The van der Waals surface area contributed by atoms with Crippen LogP contribution in [-0.2, 0) is 0 Å². The van der Waals surface area contributed by atoms with E-state index in [9.17, 15) is 0 Å². The Balaban J connectivity index is 2.99. The summed E-state index contributed by atoms with van der Waals surface area (Å²) in [6.45, 7) is 4.24. The summed E-state index contributed by atoms with van der Waals surface area (Å²) >= 11 is 0. The Hall–Kier alpha value is -0.0400. The van der Waals surface area contributed by atoms with Gasteiger partial charge in [0.1, 0.15) is 0 Å². The summed E-state index contributed by atoms with van der Waals surface area (Å²) in [4.78, 5) is 0. The first-order chi connectivity index (χ1) is 3.35. The molecule has 0 aromatic rings. The summed E-state index contributed by atoms with van der Waals surface area (Å²) in [7, 11) is 1.98. The fourth-order valence-electron chi connectivity index (χ4n) is 0.606.